The molecular formula is C25H33N3O2. The van der Waals surface area contributed by atoms with Gasteiger partial charge in [-0.15, -0.1) is 0 Å². The van der Waals surface area contributed by atoms with Crippen LogP contribution in [0, 0.1) is 12.8 Å². The molecule has 3 rings (SSSR count). The molecule has 1 aliphatic rings. The Balaban J connectivity index is 1.87. The standard InChI is InChI=1S/C25H33N3O2/c1-17(2)28(25(30)20-11-6-8-18(3)14-20)16-21-15-22(12-13-23(21)27(4)5)26-24(29)19-9-7-10-19/h6,8,11-15,17,19H,7,9-10,16H2,1-5H3,(H,26,29). The molecule has 0 aliphatic heterocycles. The van der Waals surface area contributed by atoms with Gasteiger partial charge in [0.15, 0.2) is 0 Å². The zero-order valence-electron chi connectivity index (χ0n) is 18.7. The Bertz CT molecular complexity index is 916. The van der Waals surface area contributed by atoms with Gasteiger partial charge in [-0.1, -0.05) is 24.1 Å². The van der Waals surface area contributed by atoms with Crippen LogP contribution in [0.5, 0.6) is 0 Å². The maximum Gasteiger partial charge on any atom is 0.254 e. The molecule has 0 radical (unpaired) electrons. The van der Waals surface area contributed by atoms with E-state index in [4.69, 9.17) is 0 Å². The number of benzene rings is 2. The first-order valence-corrected chi connectivity index (χ1v) is 10.7. The van der Waals surface area contributed by atoms with Crippen molar-refractivity contribution in [3.63, 3.8) is 0 Å². The van der Waals surface area contributed by atoms with E-state index in [1.165, 1.54) is 0 Å². The molecule has 160 valence electrons. The lowest BCUT2D eigenvalue weighted by Crippen LogP contribution is -2.37. The van der Waals surface area contributed by atoms with Gasteiger partial charge in [-0.25, -0.2) is 0 Å². The number of hydrogen-bond acceptors (Lipinski definition) is 3. The van der Waals surface area contributed by atoms with Gasteiger partial charge in [0.05, 0.1) is 0 Å². The third kappa shape index (κ3) is 5.02. The summed E-state index contributed by atoms with van der Waals surface area (Å²) in [5, 5.41) is 3.06. The normalized spacial score (nSPS) is 13.7. The van der Waals surface area contributed by atoms with Crippen molar-refractivity contribution in [3.8, 4) is 0 Å². The molecule has 0 unspecified atom stereocenters. The molecule has 2 amide bonds. The van der Waals surface area contributed by atoms with E-state index in [0.29, 0.717) is 12.1 Å². The van der Waals surface area contributed by atoms with Gasteiger partial charge >= 0.3 is 0 Å². The van der Waals surface area contributed by atoms with E-state index in [0.717, 1.165) is 41.8 Å². The summed E-state index contributed by atoms with van der Waals surface area (Å²) < 4.78 is 0. The minimum Gasteiger partial charge on any atom is -0.377 e. The lowest BCUT2D eigenvalue weighted by molar-refractivity contribution is -0.122. The van der Waals surface area contributed by atoms with Crippen LogP contribution in [0.4, 0.5) is 11.4 Å². The van der Waals surface area contributed by atoms with Crippen molar-refractivity contribution in [1.29, 1.82) is 0 Å². The highest BCUT2D eigenvalue weighted by atomic mass is 16.2. The first-order chi connectivity index (χ1) is 14.3. The minimum atomic E-state index is 0.0160. The molecule has 2 aromatic rings. The molecule has 5 nitrogen and oxygen atoms in total. The number of nitrogens with zero attached hydrogens (tertiary/aromatic N) is 2. The Labute approximate surface area is 180 Å². The second kappa shape index (κ2) is 9.33. The SMILES string of the molecule is Cc1cccc(C(=O)N(Cc2cc(NC(=O)C3CCC3)ccc2N(C)C)C(C)C)c1. The van der Waals surface area contributed by atoms with Crippen LogP contribution in [0.1, 0.15) is 54.6 Å². The van der Waals surface area contributed by atoms with E-state index in [2.05, 4.69) is 5.32 Å². The second-order valence-electron chi connectivity index (χ2n) is 8.75. The first kappa shape index (κ1) is 21.9. The number of amides is 2. The molecule has 0 bridgehead atoms. The molecule has 1 aliphatic carbocycles. The summed E-state index contributed by atoms with van der Waals surface area (Å²) in [6.45, 7) is 6.54. The number of anilines is 2. The third-order valence-electron chi connectivity index (χ3n) is 5.79. The molecule has 1 N–H and O–H groups in total. The van der Waals surface area contributed by atoms with Gasteiger partial charge in [0.2, 0.25) is 5.91 Å². The molecule has 0 heterocycles. The van der Waals surface area contributed by atoms with Crippen molar-refractivity contribution in [2.24, 2.45) is 5.92 Å². The lowest BCUT2D eigenvalue weighted by Gasteiger charge is -2.30. The van der Waals surface area contributed by atoms with Crippen LogP contribution < -0.4 is 10.2 Å². The van der Waals surface area contributed by atoms with Crippen molar-refractivity contribution in [1.82, 2.24) is 4.90 Å². The average Bonchev–Trinajstić information content (AvgIpc) is 2.63. The summed E-state index contributed by atoms with van der Waals surface area (Å²) in [7, 11) is 3.99. The Hall–Kier alpha value is -2.82. The third-order valence-corrected chi connectivity index (χ3v) is 5.79. The van der Waals surface area contributed by atoms with Gasteiger partial charge in [0.25, 0.3) is 5.91 Å². The van der Waals surface area contributed by atoms with Crippen molar-refractivity contribution in [2.45, 2.75) is 52.6 Å². The highest BCUT2D eigenvalue weighted by Crippen LogP contribution is 2.30. The number of carbonyl (C=O) groups excluding carboxylic acids is 2. The summed E-state index contributed by atoms with van der Waals surface area (Å²) in [6.07, 6.45) is 3.08. The largest absolute Gasteiger partial charge is 0.377 e. The van der Waals surface area contributed by atoms with Gasteiger partial charge in [0, 0.05) is 49.5 Å². The van der Waals surface area contributed by atoms with Gasteiger partial charge in [-0.05, 0) is 69.5 Å². The quantitative estimate of drug-likeness (QED) is 0.714. The number of carbonyl (C=O) groups is 2. The Morgan fingerprint density at radius 2 is 1.83 bits per heavy atom. The van der Waals surface area contributed by atoms with Crippen molar-refractivity contribution in [3.05, 3.63) is 59.2 Å². The van der Waals surface area contributed by atoms with E-state index in [1.54, 1.807) is 0 Å². The molecule has 0 saturated heterocycles. The summed E-state index contributed by atoms with van der Waals surface area (Å²) in [4.78, 5) is 29.6. The molecule has 0 atom stereocenters. The first-order valence-electron chi connectivity index (χ1n) is 10.7. The Kier molecular flexibility index (Phi) is 6.80. The van der Waals surface area contributed by atoms with Crippen LogP contribution >= 0.6 is 0 Å². The Morgan fingerprint density at radius 1 is 1.10 bits per heavy atom. The highest BCUT2D eigenvalue weighted by Gasteiger charge is 2.26. The molecule has 0 spiro atoms. The fourth-order valence-corrected chi connectivity index (χ4v) is 3.76. The van der Waals surface area contributed by atoms with Crippen molar-refractivity contribution >= 4 is 23.2 Å². The predicted molar refractivity (Wildman–Crippen MR) is 123 cm³/mol. The number of rotatable bonds is 7. The predicted octanol–water partition coefficient (Wildman–Crippen LogP) is 4.85. The monoisotopic (exact) mass is 407 g/mol. The van der Waals surface area contributed by atoms with E-state index in [9.17, 15) is 9.59 Å². The zero-order valence-corrected chi connectivity index (χ0v) is 18.7. The molecule has 1 saturated carbocycles. The van der Waals surface area contributed by atoms with E-state index in [1.807, 2.05) is 87.1 Å². The van der Waals surface area contributed by atoms with Gasteiger partial charge < -0.3 is 15.1 Å². The summed E-state index contributed by atoms with van der Waals surface area (Å²) in [5.41, 5.74) is 4.61. The van der Waals surface area contributed by atoms with Gasteiger partial charge in [0.1, 0.15) is 0 Å². The van der Waals surface area contributed by atoms with E-state index in [-0.39, 0.29) is 23.8 Å². The molecule has 0 aromatic heterocycles. The van der Waals surface area contributed by atoms with Crippen LogP contribution in [-0.2, 0) is 11.3 Å². The maximum atomic E-state index is 13.3. The van der Waals surface area contributed by atoms with E-state index >= 15 is 0 Å². The maximum absolute atomic E-state index is 13.3. The second-order valence-corrected chi connectivity index (χ2v) is 8.75. The molecule has 5 heteroatoms. The molecule has 2 aromatic carbocycles. The molecule has 1 fully saturated rings. The highest BCUT2D eigenvalue weighted by molar-refractivity contribution is 5.95. The van der Waals surface area contributed by atoms with Crippen LogP contribution in [0.3, 0.4) is 0 Å². The Morgan fingerprint density at radius 3 is 2.40 bits per heavy atom. The molecule has 30 heavy (non-hydrogen) atoms. The average molecular weight is 408 g/mol. The fraction of sp³-hybridized carbons (Fsp3) is 0.440. The zero-order chi connectivity index (χ0) is 21.8. The van der Waals surface area contributed by atoms with Crippen LogP contribution in [0.15, 0.2) is 42.5 Å². The number of aryl methyl sites for hydroxylation is 1. The number of hydrogen-bond donors (Lipinski definition) is 1. The summed E-state index contributed by atoms with van der Waals surface area (Å²) in [6, 6.07) is 13.7. The van der Waals surface area contributed by atoms with E-state index < -0.39 is 0 Å². The van der Waals surface area contributed by atoms with Crippen LogP contribution in [-0.4, -0.2) is 36.9 Å². The van der Waals surface area contributed by atoms with Gasteiger partial charge in [-0.3, -0.25) is 9.59 Å². The topological polar surface area (TPSA) is 52.7 Å². The van der Waals surface area contributed by atoms with Crippen LogP contribution in [0.25, 0.3) is 0 Å². The minimum absolute atomic E-state index is 0.0160. The fourth-order valence-electron chi connectivity index (χ4n) is 3.76. The number of nitrogens with one attached hydrogen (secondary N) is 1. The lowest BCUT2D eigenvalue weighted by atomic mass is 9.85. The van der Waals surface area contributed by atoms with Crippen LogP contribution in [0.2, 0.25) is 0 Å². The van der Waals surface area contributed by atoms with Gasteiger partial charge in [-0.2, -0.15) is 0 Å². The van der Waals surface area contributed by atoms with Crippen molar-refractivity contribution < 1.29 is 9.59 Å². The summed E-state index contributed by atoms with van der Waals surface area (Å²) >= 11 is 0. The smallest absolute Gasteiger partial charge is 0.254 e. The summed E-state index contributed by atoms with van der Waals surface area (Å²) in [5.74, 6) is 0.251. The molecular weight excluding hydrogens is 374 g/mol. The van der Waals surface area contributed by atoms with Crippen molar-refractivity contribution in [2.75, 3.05) is 24.3 Å².